The van der Waals surface area contributed by atoms with Gasteiger partial charge in [0.05, 0.1) is 0 Å². The summed E-state index contributed by atoms with van der Waals surface area (Å²) >= 11 is 0. The summed E-state index contributed by atoms with van der Waals surface area (Å²) in [5.74, 6) is -1.32. The number of ether oxygens (including phenoxy) is 1. The van der Waals surface area contributed by atoms with Crippen LogP contribution >= 0.6 is 0 Å². The largest absolute Gasteiger partial charge is 0.475 e. The van der Waals surface area contributed by atoms with Crippen LogP contribution in [0, 0.1) is 11.6 Å². The third-order valence-electron chi connectivity index (χ3n) is 4.42. The van der Waals surface area contributed by atoms with Crippen LogP contribution in [0.25, 0.3) is 12.2 Å². The molecule has 4 rings (SSSR count). The van der Waals surface area contributed by atoms with E-state index in [9.17, 15) is 8.78 Å². The monoisotopic (exact) mass is 361 g/mol. The third kappa shape index (κ3) is 3.80. The summed E-state index contributed by atoms with van der Waals surface area (Å²) in [6.45, 7) is 0.266. The van der Waals surface area contributed by atoms with Gasteiger partial charge in [0.2, 0.25) is 5.90 Å². The van der Waals surface area contributed by atoms with Crippen molar-refractivity contribution >= 4 is 18.0 Å². The number of rotatable bonds is 4. The topological polar surface area (TPSA) is 21.6 Å². The molecule has 1 unspecified atom stereocenters. The van der Waals surface area contributed by atoms with E-state index in [1.54, 1.807) is 0 Å². The molecule has 0 aromatic heterocycles. The second kappa shape index (κ2) is 7.54. The van der Waals surface area contributed by atoms with E-state index in [0.717, 1.165) is 16.7 Å². The summed E-state index contributed by atoms with van der Waals surface area (Å²) in [4.78, 5) is 4.37. The third-order valence-corrected chi connectivity index (χ3v) is 4.42. The minimum absolute atomic E-state index is 0.0173. The molecule has 1 heterocycles. The second-order valence-electron chi connectivity index (χ2n) is 6.27. The molecule has 1 atom stereocenters. The number of hydrogen-bond acceptors (Lipinski definition) is 2. The molecule has 0 saturated carbocycles. The lowest BCUT2D eigenvalue weighted by atomic mass is 10.1. The Morgan fingerprint density at radius 3 is 2.07 bits per heavy atom. The molecule has 4 heteroatoms. The van der Waals surface area contributed by atoms with Gasteiger partial charge in [-0.05, 0) is 28.8 Å². The van der Waals surface area contributed by atoms with Crippen LogP contribution in [0.5, 0.6) is 0 Å². The standard InChI is InChI=1S/C23H17F2NO/c24-19-7-4-8-20(25)22(19)23-26-21(15-27-23)18-13-11-17(12-14-18)10-9-16-5-2-1-3-6-16/h1-14,21H,15H2/b10-9+. The molecule has 1 aliphatic heterocycles. The average Bonchev–Trinajstić information content (AvgIpc) is 3.17. The van der Waals surface area contributed by atoms with Crippen LogP contribution in [0.1, 0.15) is 28.3 Å². The summed E-state index contributed by atoms with van der Waals surface area (Å²) in [6, 6.07) is 21.4. The van der Waals surface area contributed by atoms with Crippen molar-refractivity contribution in [2.45, 2.75) is 6.04 Å². The Bertz CT molecular complexity index is 974. The maximum absolute atomic E-state index is 13.9. The number of benzene rings is 3. The van der Waals surface area contributed by atoms with Gasteiger partial charge in [0.15, 0.2) is 0 Å². The summed E-state index contributed by atoms with van der Waals surface area (Å²) in [5.41, 5.74) is 2.93. The van der Waals surface area contributed by atoms with Crippen LogP contribution in [0.2, 0.25) is 0 Å². The highest BCUT2D eigenvalue weighted by atomic mass is 19.1. The normalized spacial score (nSPS) is 16.4. The number of nitrogens with zero attached hydrogens (tertiary/aromatic N) is 1. The molecule has 0 N–H and O–H groups in total. The van der Waals surface area contributed by atoms with E-state index in [2.05, 4.69) is 4.99 Å². The van der Waals surface area contributed by atoms with E-state index in [-0.39, 0.29) is 24.1 Å². The molecule has 0 amide bonds. The Hall–Kier alpha value is -3.27. The van der Waals surface area contributed by atoms with Crippen molar-refractivity contribution < 1.29 is 13.5 Å². The highest BCUT2D eigenvalue weighted by molar-refractivity contribution is 5.95. The first-order valence-corrected chi connectivity index (χ1v) is 8.69. The first-order chi connectivity index (χ1) is 13.2. The van der Waals surface area contributed by atoms with Crippen LogP contribution in [-0.2, 0) is 4.74 Å². The molecular weight excluding hydrogens is 344 g/mol. The first-order valence-electron chi connectivity index (χ1n) is 8.69. The van der Waals surface area contributed by atoms with Gasteiger partial charge in [0, 0.05) is 0 Å². The second-order valence-corrected chi connectivity index (χ2v) is 6.27. The van der Waals surface area contributed by atoms with Crippen LogP contribution < -0.4 is 0 Å². The van der Waals surface area contributed by atoms with Crippen LogP contribution in [0.3, 0.4) is 0 Å². The molecule has 0 spiro atoms. The summed E-state index contributed by atoms with van der Waals surface area (Å²) in [6.07, 6.45) is 4.08. The Morgan fingerprint density at radius 2 is 1.41 bits per heavy atom. The zero-order chi connectivity index (χ0) is 18.6. The maximum Gasteiger partial charge on any atom is 0.222 e. The van der Waals surface area contributed by atoms with E-state index in [0.29, 0.717) is 0 Å². The average molecular weight is 361 g/mol. The lowest BCUT2D eigenvalue weighted by molar-refractivity contribution is 0.317. The minimum Gasteiger partial charge on any atom is -0.475 e. The van der Waals surface area contributed by atoms with E-state index in [1.165, 1.54) is 18.2 Å². The van der Waals surface area contributed by atoms with Gasteiger partial charge in [-0.15, -0.1) is 0 Å². The molecule has 1 aliphatic rings. The van der Waals surface area contributed by atoms with Gasteiger partial charge in [-0.3, -0.25) is 0 Å². The summed E-state index contributed by atoms with van der Waals surface area (Å²) < 4.78 is 33.3. The van der Waals surface area contributed by atoms with Crippen LogP contribution in [0.15, 0.2) is 77.8 Å². The Morgan fingerprint density at radius 1 is 0.778 bits per heavy atom. The van der Waals surface area contributed by atoms with E-state index < -0.39 is 11.6 Å². The fourth-order valence-electron chi connectivity index (χ4n) is 2.97. The number of aliphatic imine (C=N–C) groups is 1. The summed E-state index contributed by atoms with van der Waals surface area (Å²) in [7, 11) is 0. The molecule has 0 radical (unpaired) electrons. The molecule has 27 heavy (non-hydrogen) atoms. The van der Waals surface area contributed by atoms with Gasteiger partial charge in [-0.25, -0.2) is 13.8 Å². The fraction of sp³-hybridized carbons (Fsp3) is 0.0870. The molecule has 0 aliphatic carbocycles. The first kappa shape index (κ1) is 17.2. The minimum atomic E-state index is -0.671. The zero-order valence-electron chi connectivity index (χ0n) is 14.5. The van der Waals surface area contributed by atoms with Crippen molar-refractivity contribution in [3.05, 3.63) is 107 Å². The van der Waals surface area contributed by atoms with E-state index in [1.807, 2.05) is 66.7 Å². The van der Waals surface area contributed by atoms with Gasteiger partial charge < -0.3 is 4.74 Å². The summed E-state index contributed by atoms with van der Waals surface area (Å²) in [5, 5.41) is 0. The van der Waals surface area contributed by atoms with Gasteiger partial charge in [-0.1, -0.05) is 72.8 Å². The van der Waals surface area contributed by atoms with Crippen LogP contribution in [0.4, 0.5) is 8.78 Å². The van der Waals surface area contributed by atoms with Gasteiger partial charge in [-0.2, -0.15) is 0 Å². The van der Waals surface area contributed by atoms with Crippen molar-refractivity contribution in [2.24, 2.45) is 4.99 Å². The predicted molar refractivity (Wildman–Crippen MR) is 103 cm³/mol. The lowest BCUT2D eigenvalue weighted by Crippen LogP contribution is -2.07. The smallest absolute Gasteiger partial charge is 0.222 e. The highest BCUT2D eigenvalue weighted by Crippen LogP contribution is 2.27. The Balaban J connectivity index is 1.51. The van der Waals surface area contributed by atoms with Crippen molar-refractivity contribution in [3.8, 4) is 0 Å². The zero-order valence-corrected chi connectivity index (χ0v) is 14.5. The molecule has 0 bridgehead atoms. The predicted octanol–water partition coefficient (Wildman–Crippen LogP) is 5.65. The molecule has 3 aromatic carbocycles. The Kier molecular flexibility index (Phi) is 4.79. The van der Waals surface area contributed by atoms with Crippen molar-refractivity contribution in [3.63, 3.8) is 0 Å². The van der Waals surface area contributed by atoms with E-state index in [4.69, 9.17) is 4.74 Å². The van der Waals surface area contributed by atoms with Gasteiger partial charge in [0.25, 0.3) is 0 Å². The van der Waals surface area contributed by atoms with Crippen molar-refractivity contribution in [1.29, 1.82) is 0 Å². The Labute approximate surface area is 156 Å². The lowest BCUT2D eigenvalue weighted by Gasteiger charge is -2.05. The van der Waals surface area contributed by atoms with Crippen LogP contribution in [-0.4, -0.2) is 12.5 Å². The molecule has 134 valence electrons. The number of hydrogen-bond donors (Lipinski definition) is 0. The van der Waals surface area contributed by atoms with Crippen molar-refractivity contribution in [1.82, 2.24) is 0 Å². The molecule has 0 saturated heterocycles. The molecule has 2 nitrogen and oxygen atoms in total. The van der Waals surface area contributed by atoms with Gasteiger partial charge in [0.1, 0.15) is 29.8 Å². The SMILES string of the molecule is Fc1cccc(F)c1C1=NC(c2ccc(/C=C/c3ccccc3)cc2)CO1. The molecule has 3 aromatic rings. The highest BCUT2D eigenvalue weighted by Gasteiger charge is 2.25. The maximum atomic E-state index is 13.9. The molecular formula is C23H17F2NO. The quantitative estimate of drug-likeness (QED) is 0.550. The number of halogens is 2. The van der Waals surface area contributed by atoms with Gasteiger partial charge >= 0.3 is 0 Å². The van der Waals surface area contributed by atoms with E-state index >= 15 is 0 Å². The fourth-order valence-corrected chi connectivity index (χ4v) is 2.97. The van der Waals surface area contributed by atoms with Crippen molar-refractivity contribution in [2.75, 3.05) is 6.61 Å². The molecule has 0 fully saturated rings.